The number of aromatic nitrogens is 2. The van der Waals surface area contributed by atoms with Crippen LogP contribution in [-0.2, 0) is 22.6 Å². The molecule has 2 aromatic rings. The van der Waals surface area contributed by atoms with Gasteiger partial charge in [0.05, 0.1) is 6.61 Å². The largest absolute Gasteiger partial charge is 0.383 e. The Morgan fingerprint density at radius 3 is 2.60 bits per heavy atom. The van der Waals surface area contributed by atoms with Crippen molar-refractivity contribution in [1.82, 2.24) is 29.8 Å². The topological polar surface area (TPSA) is 100 Å². The van der Waals surface area contributed by atoms with Crippen molar-refractivity contribution in [2.75, 3.05) is 60.5 Å². The van der Waals surface area contributed by atoms with Crippen LogP contribution in [0.5, 0.6) is 0 Å². The van der Waals surface area contributed by atoms with Gasteiger partial charge in [-0.1, -0.05) is 30.3 Å². The summed E-state index contributed by atoms with van der Waals surface area (Å²) in [7, 11) is 5.44. The summed E-state index contributed by atoms with van der Waals surface area (Å²) in [4.78, 5) is 44.1. The van der Waals surface area contributed by atoms with Gasteiger partial charge in [0.2, 0.25) is 5.91 Å². The second-order valence-electron chi connectivity index (χ2n) is 8.89. The molecule has 2 heterocycles. The maximum Gasteiger partial charge on any atom is 0.274 e. The minimum Gasteiger partial charge on any atom is -0.383 e. The van der Waals surface area contributed by atoms with E-state index in [0.717, 1.165) is 18.5 Å². The summed E-state index contributed by atoms with van der Waals surface area (Å²) in [6.45, 7) is 3.90. The van der Waals surface area contributed by atoms with Crippen molar-refractivity contribution in [1.29, 1.82) is 0 Å². The smallest absolute Gasteiger partial charge is 0.274 e. The van der Waals surface area contributed by atoms with Crippen molar-refractivity contribution in [2.45, 2.75) is 25.9 Å². The molecule has 1 N–H and O–H groups in total. The lowest BCUT2D eigenvalue weighted by Gasteiger charge is -2.21. The van der Waals surface area contributed by atoms with Crippen molar-refractivity contribution < 1.29 is 19.1 Å². The molecule has 0 atom stereocenters. The summed E-state index contributed by atoms with van der Waals surface area (Å²) in [6.07, 6.45) is 0.932. The maximum absolute atomic E-state index is 13.3. The minimum absolute atomic E-state index is 0.116. The van der Waals surface area contributed by atoms with Gasteiger partial charge < -0.3 is 24.8 Å². The summed E-state index contributed by atoms with van der Waals surface area (Å²) in [5, 5.41) is 7.32. The Labute approximate surface area is 206 Å². The highest BCUT2D eigenvalue weighted by molar-refractivity contribution is 5.98. The average molecular weight is 485 g/mol. The van der Waals surface area contributed by atoms with Crippen LogP contribution in [0.3, 0.4) is 0 Å². The van der Waals surface area contributed by atoms with Gasteiger partial charge in [0.1, 0.15) is 5.69 Å². The molecule has 0 saturated heterocycles. The SMILES string of the molecule is COCCN(CCC(=O)NCCN(C)C)C(=O)c1cc2n(n1)CCCN(Cc1ccccc1)C2=O. The van der Waals surface area contributed by atoms with E-state index in [1.165, 1.54) is 0 Å². The third-order valence-electron chi connectivity index (χ3n) is 5.86. The number of carbonyl (C=O) groups is 3. The van der Waals surface area contributed by atoms with Crippen molar-refractivity contribution in [3.63, 3.8) is 0 Å². The van der Waals surface area contributed by atoms with E-state index < -0.39 is 0 Å². The maximum atomic E-state index is 13.3. The van der Waals surface area contributed by atoms with Crippen LogP contribution < -0.4 is 5.32 Å². The minimum atomic E-state index is -0.314. The Morgan fingerprint density at radius 1 is 1.11 bits per heavy atom. The van der Waals surface area contributed by atoms with Crippen LogP contribution in [-0.4, -0.2) is 103 Å². The van der Waals surface area contributed by atoms with Gasteiger partial charge in [-0.2, -0.15) is 5.10 Å². The van der Waals surface area contributed by atoms with E-state index in [2.05, 4.69) is 10.4 Å². The number of hydrogen-bond acceptors (Lipinski definition) is 6. The molecule has 1 aromatic heterocycles. The molecule has 10 heteroatoms. The fourth-order valence-corrected chi connectivity index (χ4v) is 3.92. The number of aryl methyl sites for hydroxylation is 1. The van der Waals surface area contributed by atoms with Crippen LogP contribution in [0.2, 0.25) is 0 Å². The number of benzene rings is 1. The van der Waals surface area contributed by atoms with E-state index >= 15 is 0 Å². The summed E-state index contributed by atoms with van der Waals surface area (Å²) in [5.41, 5.74) is 1.67. The first-order valence-electron chi connectivity index (χ1n) is 12.0. The third kappa shape index (κ3) is 7.63. The quantitative estimate of drug-likeness (QED) is 0.484. The summed E-state index contributed by atoms with van der Waals surface area (Å²) < 4.78 is 6.78. The highest BCUT2D eigenvalue weighted by Gasteiger charge is 2.28. The lowest BCUT2D eigenvalue weighted by molar-refractivity contribution is -0.121. The first-order chi connectivity index (χ1) is 16.9. The summed E-state index contributed by atoms with van der Waals surface area (Å²) in [5.74, 6) is -0.567. The standard InChI is InChI=1S/C25H36N6O4/c1-28(2)15-11-26-23(32)10-14-29(16-17-35-3)24(33)21-18-22-25(34)30(12-7-13-31(22)27-21)19-20-8-5-4-6-9-20/h4-6,8-9,18H,7,10-17,19H2,1-3H3,(H,26,32). The molecule has 10 nitrogen and oxygen atoms in total. The van der Waals surface area contributed by atoms with Gasteiger partial charge in [-0.25, -0.2) is 0 Å². The van der Waals surface area contributed by atoms with E-state index in [9.17, 15) is 14.4 Å². The first-order valence-corrected chi connectivity index (χ1v) is 12.0. The molecule has 0 unspecified atom stereocenters. The number of amides is 3. The highest BCUT2D eigenvalue weighted by Crippen LogP contribution is 2.17. The predicted octanol–water partition coefficient (Wildman–Crippen LogP) is 1.09. The second-order valence-corrected chi connectivity index (χ2v) is 8.89. The van der Waals surface area contributed by atoms with Gasteiger partial charge in [0, 0.05) is 65.4 Å². The van der Waals surface area contributed by atoms with Crippen molar-refractivity contribution in [3.05, 3.63) is 53.3 Å². The van der Waals surface area contributed by atoms with Crippen LogP contribution in [0, 0.1) is 0 Å². The highest BCUT2D eigenvalue weighted by atomic mass is 16.5. The molecule has 0 saturated carbocycles. The van der Waals surface area contributed by atoms with Crippen molar-refractivity contribution in [3.8, 4) is 0 Å². The monoisotopic (exact) mass is 484 g/mol. The Morgan fingerprint density at radius 2 is 1.89 bits per heavy atom. The lowest BCUT2D eigenvalue weighted by atomic mass is 10.2. The summed E-state index contributed by atoms with van der Waals surface area (Å²) >= 11 is 0. The molecular weight excluding hydrogens is 448 g/mol. The molecule has 0 radical (unpaired) electrons. The lowest BCUT2D eigenvalue weighted by Crippen LogP contribution is -2.38. The fourth-order valence-electron chi connectivity index (χ4n) is 3.92. The van der Waals surface area contributed by atoms with Gasteiger partial charge in [0.25, 0.3) is 11.8 Å². The number of rotatable bonds is 12. The molecule has 0 spiro atoms. The van der Waals surface area contributed by atoms with Crippen LogP contribution in [0.1, 0.15) is 39.4 Å². The molecule has 190 valence electrons. The van der Waals surface area contributed by atoms with E-state index in [-0.39, 0.29) is 36.4 Å². The van der Waals surface area contributed by atoms with Crippen LogP contribution in [0.4, 0.5) is 0 Å². The molecule has 3 amide bonds. The predicted molar refractivity (Wildman–Crippen MR) is 132 cm³/mol. The van der Waals surface area contributed by atoms with Crippen molar-refractivity contribution >= 4 is 17.7 Å². The molecule has 35 heavy (non-hydrogen) atoms. The van der Waals surface area contributed by atoms with Gasteiger partial charge in [-0.05, 0) is 26.1 Å². The van der Waals surface area contributed by atoms with E-state index in [1.54, 1.807) is 27.7 Å². The summed E-state index contributed by atoms with van der Waals surface area (Å²) in [6, 6.07) is 11.4. The van der Waals surface area contributed by atoms with Gasteiger partial charge >= 0.3 is 0 Å². The van der Waals surface area contributed by atoms with Crippen molar-refractivity contribution in [2.24, 2.45) is 0 Å². The number of carbonyl (C=O) groups excluding carboxylic acids is 3. The van der Waals surface area contributed by atoms with Crippen LogP contribution in [0.25, 0.3) is 0 Å². The number of likely N-dealkylation sites (N-methyl/N-ethyl adjacent to an activating group) is 1. The fraction of sp³-hybridized carbons (Fsp3) is 0.520. The molecule has 0 fully saturated rings. The third-order valence-corrected chi connectivity index (χ3v) is 5.86. The number of methoxy groups -OCH3 is 1. The number of nitrogens with zero attached hydrogens (tertiary/aromatic N) is 5. The zero-order valence-electron chi connectivity index (χ0n) is 20.9. The van der Waals surface area contributed by atoms with E-state index in [4.69, 9.17) is 4.74 Å². The van der Waals surface area contributed by atoms with Gasteiger partial charge in [0.15, 0.2) is 5.69 Å². The Bertz CT molecular complexity index is 991. The number of nitrogens with one attached hydrogen (secondary N) is 1. The first kappa shape index (κ1) is 26.4. The number of fused-ring (bicyclic) bond motifs is 1. The van der Waals surface area contributed by atoms with Crippen LogP contribution >= 0.6 is 0 Å². The van der Waals surface area contributed by atoms with E-state index in [0.29, 0.717) is 45.0 Å². The average Bonchev–Trinajstić information content (AvgIpc) is 3.21. The number of ether oxygens (including phenoxy) is 1. The van der Waals surface area contributed by atoms with Crippen LogP contribution in [0.15, 0.2) is 36.4 Å². The molecule has 1 aromatic carbocycles. The molecule has 0 aliphatic carbocycles. The second kappa shape index (κ2) is 13.0. The zero-order valence-corrected chi connectivity index (χ0v) is 20.9. The normalized spacial score (nSPS) is 13.5. The van der Waals surface area contributed by atoms with E-state index in [1.807, 2.05) is 49.3 Å². The molecule has 1 aliphatic heterocycles. The molecular formula is C25H36N6O4. The molecule has 0 bridgehead atoms. The Hall–Kier alpha value is -3.24. The molecule has 1 aliphatic rings. The van der Waals surface area contributed by atoms with Gasteiger partial charge in [-0.15, -0.1) is 0 Å². The van der Waals surface area contributed by atoms with Gasteiger partial charge in [-0.3, -0.25) is 19.1 Å². The molecule has 3 rings (SSSR count). The zero-order chi connectivity index (χ0) is 25.2. The number of hydrogen-bond donors (Lipinski definition) is 1. The Balaban J connectivity index is 1.68. The Kier molecular flexibility index (Phi) is 9.80.